The molecule has 5 rings (SSSR count). The second-order valence-electron chi connectivity index (χ2n) is 7.92. The van der Waals surface area contributed by atoms with Gasteiger partial charge in [-0.05, 0) is 43.9 Å². The lowest BCUT2D eigenvalue weighted by molar-refractivity contribution is -0.0716. The topological polar surface area (TPSA) is 88.6 Å². The Morgan fingerprint density at radius 1 is 1.10 bits per heavy atom. The Morgan fingerprint density at radius 2 is 1.90 bits per heavy atom. The maximum absolute atomic E-state index is 12.5. The van der Waals surface area contributed by atoms with Crippen molar-refractivity contribution < 1.29 is 14.3 Å². The molecule has 1 aromatic carbocycles. The van der Waals surface area contributed by atoms with E-state index in [0.29, 0.717) is 23.9 Å². The van der Waals surface area contributed by atoms with Crippen molar-refractivity contribution in [3.8, 4) is 11.5 Å². The summed E-state index contributed by atoms with van der Waals surface area (Å²) < 4.78 is 12.1. The zero-order valence-corrected chi connectivity index (χ0v) is 16.3. The number of rotatable bonds is 3. The molecule has 152 valence electrons. The van der Waals surface area contributed by atoms with Gasteiger partial charge in [0, 0.05) is 56.1 Å². The van der Waals surface area contributed by atoms with Crippen molar-refractivity contribution in [2.75, 3.05) is 23.3 Å². The maximum atomic E-state index is 12.5. The molecule has 1 aromatic heterocycles. The van der Waals surface area contributed by atoms with Crippen LogP contribution in [-0.4, -0.2) is 40.9 Å². The normalized spacial score (nSPS) is 21.9. The third-order valence-electron chi connectivity index (χ3n) is 5.75. The van der Waals surface area contributed by atoms with Gasteiger partial charge in [-0.2, -0.15) is 0 Å². The molecule has 1 atom stereocenters. The largest absolute Gasteiger partial charge is 0.448 e. The lowest BCUT2D eigenvalue weighted by atomic mass is 10.1. The zero-order chi connectivity index (χ0) is 19.7. The van der Waals surface area contributed by atoms with Crippen molar-refractivity contribution in [2.45, 2.75) is 50.4 Å². The molecule has 1 aliphatic carbocycles. The van der Waals surface area contributed by atoms with Crippen LogP contribution >= 0.6 is 0 Å². The minimum Gasteiger partial charge on any atom is -0.448 e. The number of hydrogen-bond acceptors (Lipinski definition) is 6. The first-order chi connectivity index (χ1) is 14.2. The van der Waals surface area contributed by atoms with Gasteiger partial charge >= 0.3 is 6.03 Å². The van der Waals surface area contributed by atoms with E-state index in [1.165, 1.54) is 0 Å². The fraction of sp³-hybridized carbons (Fsp3) is 0.476. The van der Waals surface area contributed by atoms with Gasteiger partial charge in [-0.1, -0.05) is 0 Å². The van der Waals surface area contributed by atoms with Gasteiger partial charge in [0.25, 0.3) is 5.79 Å². The number of amides is 2. The van der Waals surface area contributed by atoms with Crippen LogP contribution in [0.15, 0.2) is 36.7 Å². The Balaban J connectivity index is 1.18. The number of nitrogens with one attached hydrogen (secondary N) is 2. The van der Waals surface area contributed by atoms with E-state index in [4.69, 9.17) is 9.47 Å². The summed E-state index contributed by atoms with van der Waals surface area (Å²) in [6.07, 6.45) is 9.45. The molecule has 0 radical (unpaired) electrons. The molecule has 3 aliphatic rings. The van der Waals surface area contributed by atoms with Crippen LogP contribution in [0.4, 0.5) is 16.4 Å². The van der Waals surface area contributed by atoms with Crippen LogP contribution in [0.25, 0.3) is 0 Å². The smallest absolute Gasteiger partial charge is 0.319 e. The van der Waals surface area contributed by atoms with Crippen molar-refractivity contribution in [2.24, 2.45) is 0 Å². The molecule has 2 aliphatic heterocycles. The number of carbonyl (C=O) groups is 1. The van der Waals surface area contributed by atoms with E-state index >= 15 is 0 Å². The number of nitrogens with zero attached hydrogens (tertiary/aromatic N) is 3. The Hall–Kier alpha value is -3.03. The number of anilines is 2. The van der Waals surface area contributed by atoms with Gasteiger partial charge in [-0.15, -0.1) is 0 Å². The first-order valence-electron chi connectivity index (χ1n) is 10.3. The van der Waals surface area contributed by atoms with Crippen LogP contribution in [0.1, 0.15) is 38.5 Å². The molecule has 2 aromatic rings. The van der Waals surface area contributed by atoms with E-state index in [-0.39, 0.29) is 12.1 Å². The lowest BCUT2D eigenvalue weighted by Crippen LogP contribution is -2.49. The minimum absolute atomic E-state index is 0.0447. The molecule has 2 fully saturated rings. The number of piperidine rings is 1. The molecule has 1 spiro atoms. The van der Waals surface area contributed by atoms with Crippen LogP contribution in [0.3, 0.4) is 0 Å². The van der Waals surface area contributed by atoms with Gasteiger partial charge in [0.1, 0.15) is 0 Å². The Bertz CT molecular complexity index is 885. The summed E-state index contributed by atoms with van der Waals surface area (Å²) in [7, 11) is 0. The lowest BCUT2D eigenvalue weighted by Gasteiger charge is -2.33. The number of fused-ring (bicyclic) bond motifs is 1. The summed E-state index contributed by atoms with van der Waals surface area (Å²) in [5.41, 5.74) is 0.693. The second kappa shape index (κ2) is 7.42. The summed E-state index contributed by atoms with van der Waals surface area (Å²) in [6, 6.07) is 7.18. The predicted molar refractivity (Wildman–Crippen MR) is 108 cm³/mol. The van der Waals surface area contributed by atoms with E-state index in [1.54, 1.807) is 18.5 Å². The van der Waals surface area contributed by atoms with E-state index < -0.39 is 5.79 Å². The van der Waals surface area contributed by atoms with Gasteiger partial charge in [0.15, 0.2) is 11.5 Å². The van der Waals surface area contributed by atoms with Gasteiger partial charge in [-0.25, -0.2) is 14.8 Å². The number of ether oxygens (including phenoxy) is 2. The van der Waals surface area contributed by atoms with Crippen molar-refractivity contribution in [3.63, 3.8) is 0 Å². The van der Waals surface area contributed by atoms with Crippen molar-refractivity contribution in [1.29, 1.82) is 0 Å². The first kappa shape index (κ1) is 18.0. The van der Waals surface area contributed by atoms with Crippen LogP contribution in [-0.2, 0) is 0 Å². The van der Waals surface area contributed by atoms with Gasteiger partial charge < -0.3 is 25.0 Å². The second-order valence-corrected chi connectivity index (χ2v) is 7.92. The van der Waals surface area contributed by atoms with Crippen LogP contribution in [0.5, 0.6) is 11.5 Å². The average molecular weight is 395 g/mol. The third kappa shape index (κ3) is 3.79. The summed E-state index contributed by atoms with van der Waals surface area (Å²) in [6.45, 7) is 1.59. The Labute approximate surface area is 169 Å². The number of urea groups is 1. The Morgan fingerprint density at radius 3 is 2.72 bits per heavy atom. The van der Waals surface area contributed by atoms with Crippen molar-refractivity contribution in [1.82, 2.24) is 15.3 Å². The molecule has 0 bridgehead atoms. The molecule has 29 heavy (non-hydrogen) atoms. The SMILES string of the molecule is O=C(Nc1ccc2c(c1)OC1(CCCC1)O2)NC1CCCN(c2ncccn2)C1. The molecule has 1 unspecified atom stereocenters. The molecule has 3 heterocycles. The molecular formula is C21H25N5O3. The van der Waals surface area contributed by atoms with E-state index in [2.05, 4.69) is 25.5 Å². The highest BCUT2D eigenvalue weighted by Gasteiger charge is 2.44. The third-order valence-corrected chi connectivity index (χ3v) is 5.75. The summed E-state index contributed by atoms with van der Waals surface area (Å²) in [5.74, 6) is 1.67. The fourth-order valence-electron chi connectivity index (χ4n) is 4.37. The molecule has 1 saturated heterocycles. The van der Waals surface area contributed by atoms with E-state index in [9.17, 15) is 4.79 Å². The van der Waals surface area contributed by atoms with E-state index in [1.807, 2.05) is 18.2 Å². The summed E-state index contributed by atoms with van der Waals surface area (Å²) in [5, 5.41) is 5.98. The number of aromatic nitrogens is 2. The number of carbonyl (C=O) groups excluding carboxylic acids is 1. The summed E-state index contributed by atoms with van der Waals surface area (Å²) in [4.78, 5) is 23.3. The van der Waals surface area contributed by atoms with Crippen LogP contribution in [0, 0.1) is 0 Å². The van der Waals surface area contributed by atoms with Gasteiger partial charge in [0.05, 0.1) is 0 Å². The molecule has 1 saturated carbocycles. The highest BCUT2D eigenvalue weighted by molar-refractivity contribution is 5.90. The van der Waals surface area contributed by atoms with Gasteiger partial charge in [0.2, 0.25) is 5.95 Å². The van der Waals surface area contributed by atoms with E-state index in [0.717, 1.165) is 50.8 Å². The summed E-state index contributed by atoms with van der Waals surface area (Å²) >= 11 is 0. The fourth-order valence-corrected chi connectivity index (χ4v) is 4.37. The molecule has 2 N–H and O–H groups in total. The van der Waals surface area contributed by atoms with Gasteiger partial charge in [-0.3, -0.25) is 0 Å². The van der Waals surface area contributed by atoms with Crippen LogP contribution < -0.4 is 25.0 Å². The standard InChI is InChI=1S/C21H25N5O3/c27-20(25-16-5-3-12-26(14-16)19-22-10-4-11-23-19)24-15-6-7-17-18(13-15)29-21(28-17)8-1-2-9-21/h4,6-7,10-11,13,16H,1-3,5,8-9,12,14H2,(H2,24,25,27). The highest BCUT2D eigenvalue weighted by Crippen LogP contribution is 2.47. The maximum Gasteiger partial charge on any atom is 0.319 e. The monoisotopic (exact) mass is 395 g/mol. The quantitative estimate of drug-likeness (QED) is 0.829. The Kier molecular flexibility index (Phi) is 4.61. The first-order valence-corrected chi connectivity index (χ1v) is 10.3. The zero-order valence-electron chi connectivity index (χ0n) is 16.3. The minimum atomic E-state index is -0.492. The number of hydrogen-bond donors (Lipinski definition) is 2. The van der Waals surface area contributed by atoms with Crippen molar-refractivity contribution >= 4 is 17.7 Å². The highest BCUT2D eigenvalue weighted by atomic mass is 16.7. The molecule has 2 amide bonds. The average Bonchev–Trinajstić information content (AvgIpc) is 3.34. The molecule has 8 nitrogen and oxygen atoms in total. The predicted octanol–water partition coefficient (Wildman–Crippen LogP) is 3.31. The molecular weight excluding hydrogens is 370 g/mol. The number of benzene rings is 1. The van der Waals surface area contributed by atoms with Crippen LogP contribution in [0.2, 0.25) is 0 Å². The molecule has 8 heteroatoms. The van der Waals surface area contributed by atoms with Crippen molar-refractivity contribution in [3.05, 3.63) is 36.7 Å².